The number of ether oxygens (including phenoxy) is 2. The highest BCUT2D eigenvalue weighted by molar-refractivity contribution is 6.04. The molecule has 1 heterocycles. The van der Waals surface area contributed by atoms with Crippen molar-refractivity contribution in [1.29, 1.82) is 0 Å². The average Bonchev–Trinajstić information content (AvgIpc) is 2.78. The zero-order chi connectivity index (χ0) is 23.3. The Morgan fingerprint density at radius 2 is 1.69 bits per heavy atom. The number of urea groups is 1. The van der Waals surface area contributed by atoms with Gasteiger partial charge in [0, 0.05) is 31.1 Å². The van der Waals surface area contributed by atoms with Crippen LogP contribution in [0.3, 0.4) is 0 Å². The lowest BCUT2D eigenvalue weighted by Gasteiger charge is -2.33. The number of nitrogens with one attached hydrogen (secondary N) is 2. The van der Waals surface area contributed by atoms with Crippen molar-refractivity contribution in [2.75, 3.05) is 32.7 Å². The summed E-state index contributed by atoms with van der Waals surface area (Å²) in [6, 6.07) is 13.3. The Labute approximate surface area is 187 Å². The lowest BCUT2D eigenvalue weighted by molar-refractivity contribution is -0.140. The molecule has 0 saturated heterocycles. The smallest absolute Gasteiger partial charge is 0.338 e. The van der Waals surface area contributed by atoms with Crippen molar-refractivity contribution in [2.24, 2.45) is 0 Å². The van der Waals surface area contributed by atoms with Gasteiger partial charge in [-0.2, -0.15) is 0 Å². The number of amides is 3. The largest absolute Gasteiger partial charge is 0.460 e. The van der Waals surface area contributed by atoms with E-state index in [-0.39, 0.29) is 25.2 Å². The Bertz CT molecular complexity index is 1030. The summed E-state index contributed by atoms with van der Waals surface area (Å²) in [5.74, 6) is -0.739. The van der Waals surface area contributed by atoms with E-state index in [1.165, 1.54) is 12.0 Å². The second-order valence-corrected chi connectivity index (χ2v) is 7.51. The van der Waals surface area contributed by atoms with Gasteiger partial charge in [0.05, 0.1) is 18.2 Å². The van der Waals surface area contributed by atoms with Crippen LogP contribution in [-0.2, 0) is 14.3 Å². The van der Waals surface area contributed by atoms with E-state index in [0.29, 0.717) is 28.1 Å². The van der Waals surface area contributed by atoms with E-state index in [2.05, 4.69) is 10.6 Å². The molecule has 1 aliphatic rings. The first kappa shape index (κ1) is 23.0. The molecule has 2 N–H and O–H groups in total. The number of carbonyl (C=O) groups is 3. The molecule has 3 rings (SSSR count). The van der Waals surface area contributed by atoms with Crippen LogP contribution in [0.1, 0.15) is 34.5 Å². The number of benzene rings is 2. The maximum Gasteiger partial charge on any atom is 0.338 e. The van der Waals surface area contributed by atoms with Gasteiger partial charge in [-0.05, 0) is 43.7 Å². The summed E-state index contributed by atoms with van der Waals surface area (Å²) < 4.78 is 10.2. The zero-order valence-corrected chi connectivity index (χ0v) is 18.6. The molecule has 32 heavy (non-hydrogen) atoms. The molecular formula is C24H27N3O5. The number of aryl methyl sites for hydroxylation is 1. The summed E-state index contributed by atoms with van der Waals surface area (Å²) >= 11 is 0. The summed E-state index contributed by atoms with van der Waals surface area (Å²) in [5, 5.41) is 5.68. The van der Waals surface area contributed by atoms with Crippen molar-refractivity contribution >= 4 is 23.6 Å². The van der Waals surface area contributed by atoms with Gasteiger partial charge in [-0.25, -0.2) is 9.59 Å². The fourth-order valence-corrected chi connectivity index (χ4v) is 3.31. The molecule has 0 radical (unpaired) electrons. The van der Waals surface area contributed by atoms with Crippen molar-refractivity contribution in [3.05, 3.63) is 76.5 Å². The van der Waals surface area contributed by atoms with Crippen LogP contribution < -0.4 is 10.6 Å². The molecule has 2 aromatic carbocycles. The zero-order valence-electron chi connectivity index (χ0n) is 18.6. The fraction of sp³-hybridized carbons (Fsp3) is 0.292. The predicted octanol–water partition coefficient (Wildman–Crippen LogP) is 3.41. The van der Waals surface area contributed by atoms with Crippen LogP contribution >= 0.6 is 0 Å². The van der Waals surface area contributed by atoms with Gasteiger partial charge in [0.25, 0.3) is 5.91 Å². The van der Waals surface area contributed by atoms with E-state index in [4.69, 9.17) is 9.47 Å². The molecule has 0 aliphatic carbocycles. The number of hydrogen-bond donors (Lipinski definition) is 2. The van der Waals surface area contributed by atoms with Gasteiger partial charge >= 0.3 is 12.0 Å². The number of anilines is 1. The highest BCUT2D eigenvalue weighted by Crippen LogP contribution is 2.31. The van der Waals surface area contributed by atoms with Crippen molar-refractivity contribution in [3.63, 3.8) is 0 Å². The Morgan fingerprint density at radius 1 is 1.03 bits per heavy atom. The van der Waals surface area contributed by atoms with E-state index in [9.17, 15) is 14.4 Å². The number of esters is 1. The summed E-state index contributed by atoms with van der Waals surface area (Å²) in [6.45, 7) is 4.05. The maximum atomic E-state index is 12.7. The van der Waals surface area contributed by atoms with Gasteiger partial charge in [-0.1, -0.05) is 29.8 Å². The molecule has 0 saturated carbocycles. The Morgan fingerprint density at radius 3 is 2.31 bits per heavy atom. The Kier molecular flexibility index (Phi) is 7.27. The normalized spacial score (nSPS) is 15.9. The van der Waals surface area contributed by atoms with Gasteiger partial charge < -0.3 is 25.0 Å². The monoisotopic (exact) mass is 437 g/mol. The van der Waals surface area contributed by atoms with Crippen LogP contribution in [0.4, 0.5) is 10.5 Å². The molecule has 0 aromatic heterocycles. The van der Waals surface area contributed by atoms with Gasteiger partial charge in [-0.3, -0.25) is 4.79 Å². The van der Waals surface area contributed by atoms with Crippen molar-refractivity contribution in [3.8, 4) is 0 Å². The first-order valence-corrected chi connectivity index (χ1v) is 10.2. The Hall–Kier alpha value is -3.65. The van der Waals surface area contributed by atoms with Gasteiger partial charge in [0.2, 0.25) is 0 Å². The van der Waals surface area contributed by atoms with Gasteiger partial charge in [-0.15, -0.1) is 0 Å². The highest BCUT2D eigenvalue weighted by Gasteiger charge is 2.35. The van der Waals surface area contributed by atoms with Crippen LogP contribution in [0, 0.1) is 6.92 Å². The summed E-state index contributed by atoms with van der Waals surface area (Å²) in [4.78, 5) is 38.9. The van der Waals surface area contributed by atoms with E-state index >= 15 is 0 Å². The second-order valence-electron chi connectivity index (χ2n) is 7.51. The SMILES string of the molecule is COCCOC(=O)C1=C(C)N(C)C(=O)NC1c1ccc(NC(=O)c2ccc(C)cc2)cc1. The molecule has 3 amide bonds. The first-order valence-electron chi connectivity index (χ1n) is 10.2. The lowest BCUT2D eigenvalue weighted by Crippen LogP contribution is -2.46. The molecule has 8 nitrogen and oxygen atoms in total. The van der Waals surface area contributed by atoms with Crippen molar-refractivity contribution < 1.29 is 23.9 Å². The molecule has 1 atom stereocenters. The van der Waals surface area contributed by atoms with E-state index in [0.717, 1.165) is 5.56 Å². The molecule has 0 bridgehead atoms. The van der Waals surface area contributed by atoms with Crippen LogP contribution in [0.2, 0.25) is 0 Å². The number of nitrogens with zero attached hydrogens (tertiary/aromatic N) is 1. The molecular weight excluding hydrogens is 410 g/mol. The number of hydrogen-bond acceptors (Lipinski definition) is 5. The molecule has 1 aliphatic heterocycles. The second kappa shape index (κ2) is 10.1. The van der Waals surface area contributed by atoms with E-state index in [1.807, 2.05) is 19.1 Å². The third kappa shape index (κ3) is 5.15. The quantitative estimate of drug-likeness (QED) is 0.511. The molecule has 0 fully saturated rings. The van der Waals surface area contributed by atoms with Crippen LogP contribution in [0.15, 0.2) is 59.8 Å². The van der Waals surface area contributed by atoms with Crippen molar-refractivity contribution in [1.82, 2.24) is 10.2 Å². The number of rotatable bonds is 7. The summed E-state index contributed by atoms with van der Waals surface area (Å²) in [7, 11) is 3.11. The highest BCUT2D eigenvalue weighted by atomic mass is 16.6. The summed E-state index contributed by atoms with van der Waals surface area (Å²) in [6.07, 6.45) is 0. The van der Waals surface area contributed by atoms with Crippen LogP contribution in [0.25, 0.3) is 0 Å². The third-order valence-electron chi connectivity index (χ3n) is 5.31. The first-order chi connectivity index (χ1) is 15.3. The predicted molar refractivity (Wildman–Crippen MR) is 120 cm³/mol. The maximum absolute atomic E-state index is 12.7. The van der Waals surface area contributed by atoms with Gasteiger partial charge in [0.1, 0.15) is 6.61 Å². The van der Waals surface area contributed by atoms with Crippen molar-refractivity contribution in [2.45, 2.75) is 19.9 Å². The standard InChI is InChI=1S/C24H27N3O5/c1-15-5-7-18(8-6-15)22(28)25-19-11-9-17(10-12-19)21-20(23(29)32-14-13-31-4)16(2)27(3)24(30)26-21/h5-12,21H,13-14H2,1-4H3,(H,25,28)(H,26,30). The number of allylic oxidation sites excluding steroid dienone is 1. The fourth-order valence-electron chi connectivity index (χ4n) is 3.31. The molecule has 8 heteroatoms. The van der Waals surface area contributed by atoms with Crippen LogP contribution in [-0.4, -0.2) is 50.2 Å². The number of carbonyl (C=O) groups excluding carboxylic acids is 3. The molecule has 168 valence electrons. The third-order valence-corrected chi connectivity index (χ3v) is 5.31. The topological polar surface area (TPSA) is 97.0 Å². The minimum Gasteiger partial charge on any atom is -0.460 e. The Balaban J connectivity index is 1.80. The number of methoxy groups -OCH3 is 1. The van der Waals surface area contributed by atoms with Crippen LogP contribution in [0.5, 0.6) is 0 Å². The molecule has 1 unspecified atom stereocenters. The van der Waals surface area contributed by atoms with Gasteiger partial charge in [0.15, 0.2) is 0 Å². The van der Waals surface area contributed by atoms with E-state index < -0.39 is 12.0 Å². The minimum absolute atomic E-state index is 0.112. The van der Waals surface area contributed by atoms with E-state index in [1.54, 1.807) is 50.4 Å². The average molecular weight is 437 g/mol. The lowest BCUT2D eigenvalue weighted by atomic mass is 9.95. The summed E-state index contributed by atoms with van der Waals surface area (Å²) in [5.41, 5.74) is 3.78. The minimum atomic E-state index is -0.671. The molecule has 0 spiro atoms. The molecule has 2 aromatic rings.